The summed E-state index contributed by atoms with van der Waals surface area (Å²) >= 11 is 5.87. The van der Waals surface area contributed by atoms with Gasteiger partial charge in [-0.2, -0.15) is 0 Å². The van der Waals surface area contributed by atoms with Crippen LogP contribution in [0.15, 0.2) is 52.9 Å². The van der Waals surface area contributed by atoms with Crippen molar-refractivity contribution >= 4 is 29.5 Å². The molecule has 138 valence electrons. The number of carbonyl (C=O) groups is 2. The highest BCUT2D eigenvalue weighted by Gasteiger charge is 2.17. The lowest BCUT2D eigenvalue weighted by Crippen LogP contribution is -2.21. The minimum atomic E-state index is -0.750. The third-order valence-electron chi connectivity index (χ3n) is 3.41. The van der Waals surface area contributed by atoms with E-state index in [1.165, 1.54) is 19.2 Å². The molecule has 0 unspecified atom stereocenters. The fourth-order valence-corrected chi connectivity index (χ4v) is 2.35. The molecular formula is C18H14ClN3O5. The molecule has 1 N–H and O–H groups in total. The third kappa shape index (κ3) is 4.62. The standard InChI is InChI=1S/C18H14ClN3O5/c1-25-14-8-7-12(19)9-13(14)17(24)26-10-15(23)20-18-22-21-16(27-18)11-5-3-2-4-6-11/h2-9H,10H2,1H3,(H,20,22,23). The van der Waals surface area contributed by atoms with Crippen molar-refractivity contribution in [2.45, 2.75) is 0 Å². The number of methoxy groups -OCH3 is 1. The first kappa shape index (κ1) is 18.4. The Morgan fingerprint density at radius 2 is 1.93 bits per heavy atom. The Morgan fingerprint density at radius 1 is 1.15 bits per heavy atom. The molecule has 0 aliphatic rings. The Balaban J connectivity index is 1.58. The highest BCUT2D eigenvalue weighted by atomic mass is 35.5. The number of ether oxygens (including phenoxy) is 2. The zero-order chi connectivity index (χ0) is 19.2. The normalized spacial score (nSPS) is 10.3. The molecule has 0 aliphatic carbocycles. The van der Waals surface area contributed by atoms with Gasteiger partial charge < -0.3 is 13.9 Å². The van der Waals surface area contributed by atoms with E-state index in [0.717, 1.165) is 0 Å². The summed E-state index contributed by atoms with van der Waals surface area (Å²) in [6.07, 6.45) is 0. The number of nitrogens with zero attached hydrogens (tertiary/aromatic N) is 2. The summed E-state index contributed by atoms with van der Waals surface area (Å²) in [7, 11) is 1.41. The smallest absolute Gasteiger partial charge is 0.342 e. The van der Waals surface area contributed by atoms with Gasteiger partial charge in [0.2, 0.25) is 5.89 Å². The first-order valence-electron chi connectivity index (χ1n) is 7.76. The molecule has 2 aromatic carbocycles. The second-order valence-electron chi connectivity index (χ2n) is 5.25. The topological polar surface area (TPSA) is 104 Å². The second-order valence-corrected chi connectivity index (χ2v) is 5.68. The monoisotopic (exact) mass is 387 g/mol. The van der Waals surface area contributed by atoms with Crippen LogP contribution in [0, 0.1) is 0 Å². The predicted molar refractivity (Wildman–Crippen MR) is 96.7 cm³/mol. The molecular weight excluding hydrogens is 374 g/mol. The number of hydrogen-bond acceptors (Lipinski definition) is 7. The van der Waals surface area contributed by atoms with Crippen LogP contribution < -0.4 is 10.1 Å². The van der Waals surface area contributed by atoms with Crippen molar-refractivity contribution in [2.24, 2.45) is 0 Å². The van der Waals surface area contributed by atoms with E-state index in [4.69, 9.17) is 25.5 Å². The summed E-state index contributed by atoms with van der Waals surface area (Å²) in [5.41, 5.74) is 0.826. The summed E-state index contributed by atoms with van der Waals surface area (Å²) in [4.78, 5) is 24.1. The van der Waals surface area contributed by atoms with E-state index in [1.54, 1.807) is 18.2 Å². The fraction of sp³-hybridized carbons (Fsp3) is 0.111. The van der Waals surface area contributed by atoms with E-state index in [1.807, 2.05) is 18.2 Å². The van der Waals surface area contributed by atoms with E-state index >= 15 is 0 Å². The molecule has 0 saturated heterocycles. The number of aromatic nitrogens is 2. The Kier molecular flexibility index (Phi) is 5.68. The number of amides is 1. The molecule has 1 aromatic heterocycles. The van der Waals surface area contributed by atoms with Crippen LogP contribution in [0.1, 0.15) is 10.4 Å². The van der Waals surface area contributed by atoms with Crippen molar-refractivity contribution in [3.05, 3.63) is 59.1 Å². The lowest BCUT2D eigenvalue weighted by atomic mass is 10.2. The van der Waals surface area contributed by atoms with Gasteiger partial charge in [-0.05, 0) is 30.3 Å². The molecule has 3 rings (SSSR count). The molecule has 1 heterocycles. The van der Waals surface area contributed by atoms with Gasteiger partial charge in [-0.15, -0.1) is 5.10 Å². The Morgan fingerprint density at radius 3 is 2.67 bits per heavy atom. The Labute approximate surface area is 159 Å². The maximum atomic E-state index is 12.1. The van der Waals surface area contributed by atoms with Crippen LogP contribution >= 0.6 is 11.6 Å². The highest BCUT2D eigenvalue weighted by Crippen LogP contribution is 2.23. The molecule has 3 aromatic rings. The quantitative estimate of drug-likeness (QED) is 0.647. The lowest BCUT2D eigenvalue weighted by Gasteiger charge is -2.08. The molecule has 0 saturated carbocycles. The average molecular weight is 388 g/mol. The molecule has 9 heteroatoms. The molecule has 0 bridgehead atoms. The van der Waals surface area contributed by atoms with E-state index in [-0.39, 0.29) is 23.2 Å². The van der Waals surface area contributed by atoms with Gasteiger partial charge in [-0.25, -0.2) is 4.79 Å². The zero-order valence-corrected chi connectivity index (χ0v) is 14.9. The van der Waals surface area contributed by atoms with Crippen LogP contribution in [0.3, 0.4) is 0 Å². The van der Waals surface area contributed by atoms with Crippen LogP contribution in [0.25, 0.3) is 11.5 Å². The third-order valence-corrected chi connectivity index (χ3v) is 3.64. The minimum Gasteiger partial charge on any atom is -0.496 e. The number of benzene rings is 2. The fourth-order valence-electron chi connectivity index (χ4n) is 2.18. The molecule has 0 aliphatic heterocycles. The highest BCUT2D eigenvalue weighted by molar-refractivity contribution is 6.31. The van der Waals surface area contributed by atoms with Crippen molar-refractivity contribution in [1.82, 2.24) is 10.2 Å². The molecule has 0 spiro atoms. The van der Waals surface area contributed by atoms with Gasteiger partial charge >= 0.3 is 12.0 Å². The molecule has 27 heavy (non-hydrogen) atoms. The Bertz CT molecular complexity index is 959. The number of carbonyl (C=O) groups excluding carboxylic acids is 2. The van der Waals surface area contributed by atoms with Crippen molar-refractivity contribution in [1.29, 1.82) is 0 Å². The minimum absolute atomic E-state index is 0.102. The first-order chi connectivity index (χ1) is 13.1. The average Bonchev–Trinajstić information content (AvgIpc) is 3.15. The van der Waals surface area contributed by atoms with Crippen molar-refractivity contribution < 1.29 is 23.5 Å². The van der Waals surface area contributed by atoms with Gasteiger partial charge in [-0.3, -0.25) is 10.1 Å². The second kappa shape index (κ2) is 8.33. The van der Waals surface area contributed by atoms with E-state index in [2.05, 4.69) is 15.5 Å². The summed E-state index contributed by atoms with van der Waals surface area (Å²) < 4.78 is 15.4. The van der Waals surface area contributed by atoms with Crippen molar-refractivity contribution in [3.8, 4) is 17.2 Å². The van der Waals surface area contributed by atoms with Crippen LogP contribution in [0.4, 0.5) is 6.01 Å². The van der Waals surface area contributed by atoms with E-state index in [9.17, 15) is 9.59 Å². The van der Waals surface area contributed by atoms with Crippen LogP contribution in [0.5, 0.6) is 5.75 Å². The largest absolute Gasteiger partial charge is 0.496 e. The van der Waals surface area contributed by atoms with E-state index in [0.29, 0.717) is 10.6 Å². The number of halogens is 1. The van der Waals surface area contributed by atoms with Gasteiger partial charge in [0, 0.05) is 10.6 Å². The summed E-state index contributed by atoms with van der Waals surface area (Å²) in [5.74, 6) is -0.839. The van der Waals surface area contributed by atoms with Gasteiger partial charge in [0.15, 0.2) is 6.61 Å². The van der Waals surface area contributed by atoms with Crippen LogP contribution in [0.2, 0.25) is 5.02 Å². The van der Waals surface area contributed by atoms with Gasteiger partial charge in [0.1, 0.15) is 11.3 Å². The Hall–Kier alpha value is -3.39. The predicted octanol–water partition coefficient (Wildman–Crippen LogP) is 3.19. The summed E-state index contributed by atoms with van der Waals surface area (Å²) in [6, 6.07) is 13.5. The number of rotatable bonds is 6. The molecule has 0 atom stereocenters. The van der Waals surface area contributed by atoms with Gasteiger partial charge in [0.25, 0.3) is 5.91 Å². The molecule has 1 amide bonds. The SMILES string of the molecule is COc1ccc(Cl)cc1C(=O)OCC(=O)Nc1nnc(-c2ccccc2)o1. The van der Waals surface area contributed by atoms with Gasteiger partial charge in [-0.1, -0.05) is 34.9 Å². The molecule has 0 fully saturated rings. The lowest BCUT2D eigenvalue weighted by molar-refractivity contribution is -0.119. The number of esters is 1. The van der Waals surface area contributed by atoms with Crippen LogP contribution in [-0.4, -0.2) is 35.8 Å². The van der Waals surface area contributed by atoms with Crippen molar-refractivity contribution in [3.63, 3.8) is 0 Å². The zero-order valence-electron chi connectivity index (χ0n) is 14.1. The summed E-state index contributed by atoms with van der Waals surface area (Å²) in [6.45, 7) is -0.544. The number of anilines is 1. The molecule has 0 radical (unpaired) electrons. The maximum absolute atomic E-state index is 12.1. The van der Waals surface area contributed by atoms with Crippen molar-refractivity contribution in [2.75, 3.05) is 19.0 Å². The maximum Gasteiger partial charge on any atom is 0.342 e. The number of hydrogen-bond donors (Lipinski definition) is 1. The van der Waals surface area contributed by atoms with E-state index < -0.39 is 18.5 Å². The van der Waals surface area contributed by atoms with Crippen LogP contribution in [-0.2, 0) is 9.53 Å². The van der Waals surface area contributed by atoms with Gasteiger partial charge in [0.05, 0.1) is 7.11 Å². The summed E-state index contributed by atoms with van der Waals surface area (Å²) in [5, 5.41) is 10.3. The number of nitrogens with one attached hydrogen (secondary N) is 1. The molecule has 8 nitrogen and oxygen atoms in total. The first-order valence-corrected chi connectivity index (χ1v) is 8.14.